The average molecular weight is 110 g/mol. The molecule has 1 heterocycles. The van der Waals surface area contributed by atoms with Crippen LogP contribution >= 0.6 is 0 Å². The molecule has 1 aliphatic rings. The Morgan fingerprint density at radius 1 is 1.50 bits per heavy atom. The van der Waals surface area contributed by atoms with Crippen LogP contribution in [0.4, 0.5) is 0 Å². The van der Waals surface area contributed by atoms with Crippen LogP contribution in [0.5, 0.6) is 0 Å². The van der Waals surface area contributed by atoms with Crippen molar-refractivity contribution in [2.45, 2.75) is 19.3 Å². The van der Waals surface area contributed by atoms with E-state index in [1.54, 1.807) is 0 Å². The topological polar surface area (TPSA) is 36.2 Å². The molecule has 0 aromatic heterocycles. The van der Waals surface area contributed by atoms with Gasteiger partial charge in [0.2, 0.25) is 0 Å². The van der Waals surface area contributed by atoms with Gasteiger partial charge in [-0.25, -0.2) is 0 Å². The van der Waals surface area contributed by atoms with Gasteiger partial charge in [-0.05, 0) is 19.3 Å². The Morgan fingerprint density at radius 2 is 2.38 bits per heavy atom. The second kappa shape index (κ2) is 2.60. The Morgan fingerprint density at radius 3 is 2.75 bits per heavy atom. The molecule has 0 saturated heterocycles. The van der Waals surface area contributed by atoms with Gasteiger partial charge in [-0.3, -0.25) is 4.99 Å². The van der Waals surface area contributed by atoms with Gasteiger partial charge in [-0.15, -0.1) is 0 Å². The fraction of sp³-hybridized carbons (Fsp3) is 0.667. The summed E-state index contributed by atoms with van der Waals surface area (Å²) in [5.41, 5.74) is 0.969. The molecule has 0 atom stereocenters. The number of aliphatic imine (C=N–C) groups is 1. The van der Waals surface area contributed by atoms with Crippen molar-refractivity contribution in [2.75, 3.05) is 6.54 Å². The van der Waals surface area contributed by atoms with E-state index in [-0.39, 0.29) is 0 Å². The summed E-state index contributed by atoms with van der Waals surface area (Å²) in [5, 5.41) is 6.84. The fourth-order valence-corrected chi connectivity index (χ4v) is 0.837. The third-order valence-corrected chi connectivity index (χ3v) is 1.32. The van der Waals surface area contributed by atoms with Gasteiger partial charge in [0.1, 0.15) is 0 Å². The predicted octanol–water partition coefficient (Wildman–Crippen LogP) is 1.26. The molecule has 0 spiro atoms. The van der Waals surface area contributed by atoms with Gasteiger partial charge in [0.15, 0.2) is 0 Å². The molecule has 0 aromatic rings. The van der Waals surface area contributed by atoms with Crippen LogP contribution in [0.1, 0.15) is 19.3 Å². The zero-order chi connectivity index (χ0) is 5.82. The van der Waals surface area contributed by atoms with E-state index >= 15 is 0 Å². The maximum Gasteiger partial charge on any atom is 0.0523 e. The highest BCUT2D eigenvalue weighted by Gasteiger charge is 1.99. The van der Waals surface area contributed by atoms with E-state index in [9.17, 15) is 0 Å². The lowest BCUT2D eigenvalue weighted by Crippen LogP contribution is -2.05. The number of hydrogen-bond donors (Lipinski definition) is 1. The highest BCUT2D eigenvalue weighted by molar-refractivity contribution is 6.29. The van der Waals surface area contributed by atoms with Crippen molar-refractivity contribution in [3.05, 3.63) is 0 Å². The first-order valence-electron chi connectivity index (χ1n) is 2.97. The zero-order valence-corrected chi connectivity index (χ0v) is 4.85. The molecule has 0 unspecified atom stereocenters. The predicted molar refractivity (Wildman–Crippen MR) is 34.9 cm³/mol. The van der Waals surface area contributed by atoms with Crippen molar-refractivity contribution in [2.24, 2.45) is 4.99 Å². The first kappa shape index (κ1) is 5.48. The van der Waals surface area contributed by atoms with E-state index in [1.807, 2.05) is 0 Å². The molecule has 0 radical (unpaired) electrons. The third kappa shape index (κ3) is 1.15. The minimum absolute atomic E-state index is 0.935. The zero-order valence-electron chi connectivity index (χ0n) is 4.85. The van der Waals surface area contributed by atoms with Crippen molar-refractivity contribution < 1.29 is 0 Å². The summed E-state index contributed by atoms with van der Waals surface area (Å²) in [4.78, 5) is 4.12. The lowest BCUT2D eigenvalue weighted by Gasteiger charge is -2.05. The molecular weight excluding hydrogens is 100 g/mol. The molecule has 0 aromatic carbocycles. The highest BCUT2D eigenvalue weighted by atomic mass is 14.7. The molecule has 44 valence electrons. The summed E-state index contributed by atoms with van der Waals surface area (Å²) < 4.78 is 0. The second-order valence-corrected chi connectivity index (χ2v) is 1.97. The van der Waals surface area contributed by atoms with Crippen LogP contribution in [0.3, 0.4) is 0 Å². The maximum absolute atomic E-state index is 6.84. The number of hydrogen-bond acceptors (Lipinski definition) is 2. The summed E-state index contributed by atoms with van der Waals surface area (Å²) in [7, 11) is 0. The minimum Gasteiger partial charge on any atom is -0.307 e. The van der Waals surface area contributed by atoms with Crippen LogP contribution in [0.2, 0.25) is 0 Å². The van der Waals surface area contributed by atoms with E-state index in [1.165, 1.54) is 19.1 Å². The van der Waals surface area contributed by atoms with Crippen molar-refractivity contribution in [3.8, 4) is 0 Å². The molecule has 2 heteroatoms. The molecule has 8 heavy (non-hydrogen) atoms. The van der Waals surface area contributed by atoms with Crippen LogP contribution < -0.4 is 0 Å². The molecule has 2 nitrogen and oxygen atoms in total. The Hall–Kier alpha value is -0.660. The summed E-state index contributed by atoms with van der Waals surface area (Å²) in [6.07, 6.45) is 4.80. The van der Waals surface area contributed by atoms with E-state index in [4.69, 9.17) is 5.41 Å². The number of nitrogens with zero attached hydrogens (tertiary/aromatic N) is 1. The molecule has 0 bridgehead atoms. The average Bonchev–Trinajstić information content (AvgIpc) is 1.90. The van der Waals surface area contributed by atoms with Crippen LogP contribution in [-0.2, 0) is 0 Å². The Balaban J connectivity index is 2.49. The Kier molecular flexibility index (Phi) is 1.78. The van der Waals surface area contributed by atoms with Gasteiger partial charge in [-0.1, -0.05) is 0 Å². The number of nitrogens with one attached hydrogen (secondary N) is 1. The van der Waals surface area contributed by atoms with Crippen molar-refractivity contribution in [3.63, 3.8) is 0 Å². The monoisotopic (exact) mass is 110 g/mol. The van der Waals surface area contributed by atoms with Crippen molar-refractivity contribution in [1.82, 2.24) is 0 Å². The molecule has 1 rings (SSSR count). The molecule has 0 amide bonds. The second-order valence-electron chi connectivity index (χ2n) is 1.97. The molecule has 0 saturated carbocycles. The normalized spacial score (nSPS) is 19.8. The van der Waals surface area contributed by atoms with Crippen LogP contribution in [0.25, 0.3) is 0 Å². The largest absolute Gasteiger partial charge is 0.307 e. The molecular formula is C6H10N2. The summed E-state index contributed by atoms with van der Waals surface area (Å²) >= 11 is 0. The van der Waals surface area contributed by atoms with E-state index in [2.05, 4.69) is 4.99 Å². The maximum atomic E-state index is 6.84. The summed E-state index contributed by atoms with van der Waals surface area (Å²) in [6.45, 7) is 0.935. The van der Waals surface area contributed by atoms with E-state index in [0.29, 0.717) is 0 Å². The smallest absolute Gasteiger partial charge is 0.0523 e. The molecule has 1 aliphatic heterocycles. The van der Waals surface area contributed by atoms with E-state index in [0.717, 1.165) is 18.7 Å². The van der Waals surface area contributed by atoms with Crippen LogP contribution in [0.15, 0.2) is 4.99 Å². The van der Waals surface area contributed by atoms with Gasteiger partial charge in [0.05, 0.1) is 5.71 Å². The highest BCUT2D eigenvalue weighted by Crippen LogP contribution is 2.03. The van der Waals surface area contributed by atoms with E-state index < -0.39 is 0 Å². The fourth-order valence-electron chi connectivity index (χ4n) is 0.837. The first-order valence-corrected chi connectivity index (χ1v) is 2.97. The molecule has 0 aliphatic carbocycles. The van der Waals surface area contributed by atoms with Gasteiger partial charge >= 0.3 is 0 Å². The van der Waals surface area contributed by atoms with Gasteiger partial charge in [0, 0.05) is 12.8 Å². The Bertz CT molecular complexity index is 116. The van der Waals surface area contributed by atoms with Crippen LogP contribution in [0, 0.1) is 5.41 Å². The van der Waals surface area contributed by atoms with Gasteiger partial charge in [0.25, 0.3) is 0 Å². The van der Waals surface area contributed by atoms with Gasteiger partial charge in [-0.2, -0.15) is 0 Å². The third-order valence-electron chi connectivity index (χ3n) is 1.32. The minimum atomic E-state index is 0.935. The Labute approximate surface area is 49.1 Å². The quantitative estimate of drug-likeness (QED) is 0.493. The standard InChI is InChI=1S/C6H10N2/c7-5-6-3-1-2-4-8-6/h5,7H,1-4H2. The van der Waals surface area contributed by atoms with Gasteiger partial charge < -0.3 is 5.41 Å². The summed E-state index contributed by atoms with van der Waals surface area (Å²) in [6, 6.07) is 0. The van der Waals surface area contributed by atoms with Crippen LogP contribution in [-0.4, -0.2) is 18.5 Å². The number of rotatable bonds is 1. The lowest BCUT2D eigenvalue weighted by atomic mass is 10.1. The lowest BCUT2D eigenvalue weighted by molar-refractivity contribution is 0.743. The summed E-state index contributed by atoms with van der Waals surface area (Å²) in [5.74, 6) is 0. The first-order chi connectivity index (χ1) is 3.93. The van der Waals surface area contributed by atoms with Crippen molar-refractivity contribution in [1.29, 1.82) is 5.41 Å². The SMILES string of the molecule is N=CC1=NCCCC1. The van der Waals surface area contributed by atoms with Crippen molar-refractivity contribution >= 4 is 11.9 Å². The molecule has 0 fully saturated rings. The molecule has 1 N–H and O–H groups in total.